The molecule has 0 aliphatic carbocycles. The number of nitrogens with one attached hydrogen (secondary N) is 3. The van der Waals surface area contributed by atoms with Crippen molar-refractivity contribution >= 4 is 38.3 Å². The van der Waals surface area contributed by atoms with E-state index >= 15 is 0 Å². The third-order valence-electron chi connectivity index (χ3n) is 5.92. The highest BCUT2D eigenvalue weighted by Crippen LogP contribution is 2.30. The van der Waals surface area contributed by atoms with E-state index in [4.69, 9.17) is 4.74 Å². The van der Waals surface area contributed by atoms with Crippen LogP contribution in [0.3, 0.4) is 0 Å². The minimum Gasteiger partial charge on any atom is -0.379 e. The number of hydrogen-bond acceptors (Lipinski definition) is 6. The number of morpholine rings is 1. The summed E-state index contributed by atoms with van der Waals surface area (Å²) in [7, 11) is -4.15. The fraction of sp³-hybridized carbons (Fsp3) is 0.172. The highest BCUT2D eigenvalue weighted by molar-refractivity contribution is 7.90. The van der Waals surface area contributed by atoms with Gasteiger partial charge in [-0.05, 0) is 42.8 Å². The summed E-state index contributed by atoms with van der Waals surface area (Å²) >= 11 is 0. The molecule has 4 aromatic rings. The third kappa shape index (κ3) is 6.63. The van der Waals surface area contributed by atoms with Gasteiger partial charge in [0.1, 0.15) is 0 Å². The van der Waals surface area contributed by atoms with E-state index in [0.29, 0.717) is 22.0 Å². The molecule has 3 N–H and O–H groups in total. The van der Waals surface area contributed by atoms with Crippen LogP contribution in [0.5, 0.6) is 0 Å². The van der Waals surface area contributed by atoms with Gasteiger partial charge in [-0.3, -0.25) is 9.59 Å². The number of rotatable bonds is 5. The maximum atomic E-state index is 13.0. The van der Waals surface area contributed by atoms with E-state index < -0.39 is 15.9 Å². The number of ether oxygens (including phenoxy) is 1. The third-order valence-corrected chi connectivity index (χ3v) is 7.31. The molecule has 1 fully saturated rings. The van der Waals surface area contributed by atoms with Crippen molar-refractivity contribution in [1.29, 1.82) is 0 Å². The highest BCUT2D eigenvalue weighted by atomic mass is 32.2. The molecule has 0 spiro atoms. The summed E-state index contributed by atoms with van der Waals surface area (Å²) < 4.78 is 33.1. The lowest BCUT2D eigenvalue weighted by Gasteiger charge is -2.14. The van der Waals surface area contributed by atoms with Crippen LogP contribution in [0.15, 0.2) is 95.9 Å². The lowest BCUT2D eigenvalue weighted by atomic mass is 10.1. The van der Waals surface area contributed by atoms with Crippen molar-refractivity contribution in [2.24, 2.45) is 0 Å². The molecule has 5 rings (SSSR count). The Morgan fingerprint density at radius 2 is 1.39 bits per heavy atom. The zero-order valence-corrected chi connectivity index (χ0v) is 21.8. The van der Waals surface area contributed by atoms with Gasteiger partial charge >= 0.3 is 0 Å². The minimum absolute atomic E-state index is 0.0497. The van der Waals surface area contributed by atoms with E-state index in [1.54, 1.807) is 54.6 Å². The smallest absolute Gasteiger partial charge is 0.264 e. The molecule has 1 saturated heterocycles. The summed E-state index contributed by atoms with van der Waals surface area (Å²) in [6, 6.07) is 25.1. The van der Waals surface area contributed by atoms with Gasteiger partial charge in [-0.25, -0.2) is 13.1 Å². The number of hydrogen-bond donors (Lipinski definition) is 3. The maximum absolute atomic E-state index is 13.0. The number of carbonyl (C=O) groups excluding carboxylic acids is 2. The van der Waals surface area contributed by atoms with Crippen molar-refractivity contribution in [3.8, 4) is 0 Å². The largest absolute Gasteiger partial charge is 0.379 e. The molecular weight excluding hydrogens is 502 g/mol. The van der Waals surface area contributed by atoms with E-state index in [1.165, 1.54) is 24.3 Å². The Kier molecular flexibility index (Phi) is 8.85. The molecule has 2 amide bonds. The van der Waals surface area contributed by atoms with Gasteiger partial charge in [-0.15, -0.1) is 0 Å². The number of carbonyl (C=O) groups is 2. The first-order valence-corrected chi connectivity index (χ1v) is 13.6. The van der Waals surface area contributed by atoms with E-state index in [2.05, 4.69) is 15.4 Å². The summed E-state index contributed by atoms with van der Waals surface area (Å²) in [6.07, 6.45) is 0. The number of aryl methyl sites for hydroxylation is 1. The van der Waals surface area contributed by atoms with Crippen molar-refractivity contribution in [2.75, 3.05) is 31.6 Å². The van der Waals surface area contributed by atoms with Crippen molar-refractivity contribution in [3.63, 3.8) is 0 Å². The zero-order chi connectivity index (χ0) is 27.0. The fourth-order valence-corrected chi connectivity index (χ4v) is 5.16. The standard InChI is InChI=1S/C25H20N2O4S.C4H9NO/c1-17-9-5-6-12-19(17)25(29)26-22-15-16-23(21-14-8-7-13-20(21)22)32(30,31)27-24(28)18-10-3-2-4-11-18;1-3-6-4-2-5-1/h2-16H,1H3,(H,26,29)(H,27,28);5H,1-4H2. The van der Waals surface area contributed by atoms with Crippen LogP contribution in [0.25, 0.3) is 10.8 Å². The molecule has 0 aromatic heterocycles. The van der Waals surface area contributed by atoms with Gasteiger partial charge in [0.25, 0.3) is 21.8 Å². The molecule has 0 atom stereocenters. The lowest BCUT2D eigenvalue weighted by Crippen LogP contribution is -2.30. The Bertz CT molecular complexity index is 1520. The predicted octanol–water partition coefficient (Wildman–Crippen LogP) is 4.13. The Balaban J connectivity index is 0.000000494. The maximum Gasteiger partial charge on any atom is 0.264 e. The van der Waals surface area contributed by atoms with Crippen molar-refractivity contribution in [2.45, 2.75) is 11.8 Å². The molecule has 0 unspecified atom stereocenters. The van der Waals surface area contributed by atoms with Crippen LogP contribution >= 0.6 is 0 Å². The average Bonchev–Trinajstić information content (AvgIpc) is 2.95. The molecule has 0 radical (unpaired) electrons. The molecule has 38 heavy (non-hydrogen) atoms. The normalized spacial score (nSPS) is 13.2. The summed E-state index contributed by atoms with van der Waals surface area (Å²) in [5.41, 5.74) is 2.07. The quantitative estimate of drug-likeness (QED) is 0.357. The van der Waals surface area contributed by atoms with Gasteiger partial charge in [0.15, 0.2) is 0 Å². The van der Waals surface area contributed by atoms with Crippen LogP contribution in [0.1, 0.15) is 26.3 Å². The van der Waals surface area contributed by atoms with Crippen LogP contribution in [0.4, 0.5) is 5.69 Å². The Morgan fingerprint density at radius 3 is 2.03 bits per heavy atom. The summed E-state index contributed by atoms with van der Waals surface area (Å²) in [5.74, 6) is -1.01. The number of anilines is 1. The second-order valence-electron chi connectivity index (χ2n) is 8.59. The Morgan fingerprint density at radius 1 is 0.763 bits per heavy atom. The van der Waals surface area contributed by atoms with Crippen molar-refractivity contribution in [3.05, 3.63) is 108 Å². The molecule has 1 aliphatic heterocycles. The number of amides is 2. The predicted molar refractivity (Wildman–Crippen MR) is 148 cm³/mol. The van der Waals surface area contributed by atoms with Gasteiger partial charge < -0.3 is 15.4 Å². The van der Waals surface area contributed by atoms with Crippen LogP contribution in [0, 0.1) is 6.92 Å². The Labute approximate surface area is 222 Å². The molecular formula is C29H29N3O5S. The van der Waals surface area contributed by atoms with Crippen LogP contribution < -0.4 is 15.4 Å². The average molecular weight is 532 g/mol. The van der Waals surface area contributed by atoms with Gasteiger partial charge in [0.2, 0.25) is 0 Å². The highest BCUT2D eigenvalue weighted by Gasteiger charge is 2.22. The van der Waals surface area contributed by atoms with Gasteiger partial charge in [0.05, 0.1) is 18.1 Å². The topological polar surface area (TPSA) is 114 Å². The monoisotopic (exact) mass is 531 g/mol. The first-order valence-electron chi connectivity index (χ1n) is 12.2. The lowest BCUT2D eigenvalue weighted by molar-refractivity contribution is 0.0979. The summed E-state index contributed by atoms with van der Waals surface area (Å²) in [4.78, 5) is 25.2. The zero-order valence-electron chi connectivity index (χ0n) is 20.9. The molecule has 0 saturated carbocycles. The second kappa shape index (κ2) is 12.5. The molecule has 9 heteroatoms. The molecule has 4 aromatic carbocycles. The van der Waals surface area contributed by atoms with Crippen LogP contribution in [-0.2, 0) is 14.8 Å². The fourth-order valence-electron chi connectivity index (χ4n) is 3.97. The van der Waals surface area contributed by atoms with E-state index in [9.17, 15) is 18.0 Å². The van der Waals surface area contributed by atoms with E-state index in [-0.39, 0.29) is 16.4 Å². The van der Waals surface area contributed by atoms with Gasteiger partial charge in [-0.1, -0.05) is 60.7 Å². The van der Waals surface area contributed by atoms with E-state index in [1.807, 2.05) is 19.1 Å². The Hall–Kier alpha value is -4.05. The summed E-state index contributed by atoms with van der Waals surface area (Å²) in [5, 5.41) is 6.96. The molecule has 1 aliphatic rings. The first-order chi connectivity index (χ1) is 18.4. The van der Waals surface area contributed by atoms with Crippen LogP contribution in [0.2, 0.25) is 0 Å². The first kappa shape index (κ1) is 27.0. The van der Waals surface area contributed by atoms with Gasteiger partial charge in [0, 0.05) is 40.7 Å². The number of sulfonamides is 1. The van der Waals surface area contributed by atoms with Crippen molar-refractivity contribution in [1.82, 2.24) is 10.0 Å². The van der Waals surface area contributed by atoms with E-state index in [0.717, 1.165) is 31.9 Å². The second-order valence-corrected chi connectivity index (χ2v) is 10.2. The number of fused-ring (bicyclic) bond motifs is 1. The molecule has 0 bridgehead atoms. The molecule has 8 nitrogen and oxygen atoms in total. The molecule has 1 heterocycles. The SMILES string of the molecule is C1COCCN1.Cc1ccccc1C(=O)Nc1ccc(S(=O)(=O)NC(=O)c2ccccc2)c2ccccc12. The van der Waals surface area contributed by atoms with Gasteiger partial charge in [-0.2, -0.15) is 0 Å². The number of benzene rings is 4. The minimum atomic E-state index is -4.15. The van der Waals surface area contributed by atoms with Crippen molar-refractivity contribution < 1.29 is 22.7 Å². The summed E-state index contributed by atoms with van der Waals surface area (Å²) in [6.45, 7) is 5.68. The van der Waals surface area contributed by atoms with Crippen LogP contribution in [-0.4, -0.2) is 46.5 Å². The molecule has 196 valence electrons.